The number of ether oxygens (including phenoxy) is 3. The van der Waals surface area contributed by atoms with Crippen LogP contribution >= 0.6 is 0 Å². The highest BCUT2D eigenvalue weighted by Crippen LogP contribution is 2.12. The van der Waals surface area contributed by atoms with Gasteiger partial charge in [-0.1, -0.05) is 149 Å². The molecule has 0 amide bonds. The molecule has 0 saturated carbocycles. The lowest BCUT2D eigenvalue weighted by Crippen LogP contribution is -2.55. The molecule has 0 radical (unpaired) electrons. The highest BCUT2D eigenvalue weighted by molar-refractivity contribution is 5.70. The van der Waals surface area contributed by atoms with Gasteiger partial charge in [0.05, 0.1) is 40.3 Å². The second kappa shape index (κ2) is 37.9. The summed E-state index contributed by atoms with van der Waals surface area (Å²) in [6.45, 7) is 4.27. The van der Waals surface area contributed by atoms with Gasteiger partial charge in [-0.2, -0.15) is 0 Å². The van der Waals surface area contributed by atoms with Crippen molar-refractivity contribution in [2.45, 2.75) is 135 Å². The van der Waals surface area contributed by atoms with Gasteiger partial charge in [0.2, 0.25) is 0 Å². The molecule has 56 heavy (non-hydrogen) atoms. The molecule has 2 atom stereocenters. The molecule has 0 aliphatic heterocycles. The molecular formula is C48H75NO7. The largest absolute Gasteiger partial charge is 0.544 e. The van der Waals surface area contributed by atoms with Gasteiger partial charge in [-0.3, -0.25) is 9.59 Å². The van der Waals surface area contributed by atoms with E-state index in [-0.39, 0.29) is 55.5 Å². The van der Waals surface area contributed by atoms with Gasteiger partial charge < -0.3 is 28.6 Å². The summed E-state index contributed by atoms with van der Waals surface area (Å²) in [6.07, 6.45) is 51.2. The quantitative estimate of drug-likeness (QED) is 0.0208. The van der Waals surface area contributed by atoms with Gasteiger partial charge in [0, 0.05) is 19.3 Å². The van der Waals surface area contributed by atoms with Crippen molar-refractivity contribution in [3.63, 3.8) is 0 Å². The minimum Gasteiger partial charge on any atom is -0.544 e. The lowest BCUT2D eigenvalue weighted by Gasteiger charge is -2.34. The van der Waals surface area contributed by atoms with E-state index in [1.54, 1.807) is 21.1 Å². The molecule has 0 aliphatic rings. The van der Waals surface area contributed by atoms with Crippen molar-refractivity contribution in [1.82, 2.24) is 0 Å². The maximum Gasteiger partial charge on any atom is 0.306 e. The number of carboxylic acids is 1. The van der Waals surface area contributed by atoms with Crippen LogP contribution in [0.4, 0.5) is 0 Å². The normalized spacial score (nSPS) is 14.1. The van der Waals surface area contributed by atoms with Crippen LogP contribution in [0.1, 0.15) is 123 Å². The van der Waals surface area contributed by atoms with E-state index >= 15 is 0 Å². The van der Waals surface area contributed by atoms with E-state index in [4.69, 9.17) is 14.2 Å². The van der Waals surface area contributed by atoms with Gasteiger partial charge >= 0.3 is 11.9 Å². The number of nitrogens with zero attached hydrogens (tertiary/aromatic N) is 1. The average Bonchev–Trinajstić information content (AvgIpc) is 3.15. The third-order valence-electron chi connectivity index (χ3n) is 8.53. The predicted molar refractivity (Wildman–Crippen MR) is 231 cm³/mol. The molecule has 0 spiro atoms. The number of unbranched alkanes of at least 4 members (excludes halogenated alkanes) is 7. The third-order valence-corrected chi connectivity index (χ3v) is 8.53. The first-order chi connectivity index (χ1) is 27.1. The summed E-state index contributed by atoms with van der Waals surface area (Å²) in [7, 11) is 5.36. The molecule has 0 bridgehead atoms. The van der Waals surface area contributed by atoms with Gasteiger partial charge in [-0.15, -0.1) is 0 Å². The molecule has 0 rings (SSSR count). The average molecular weight is 778 g/mol. The zero-order valence-electron chi connectivity index (χ0n) is 35.5. The van der Waals surface area contributed by atoms with Gasteiger partial charge in [-0.05, 0) is 64.2 Å². The van der Waals surface area contributed by atoms with Crippen LogP contribution in [-0.2, 0) is 28.6 Å². The monoisotopic (exact) mass is 778 g/mol. The summed E-state index contributed by atoms with van der Waals surface area (Å²) < 4.78 is 17.0. The molecule has 0 aromatic carbocycles. The number of esters is 2. The summed E-state index contributed by atoms with van der Waals surface area (Å²) >= 11 is 0. The van der Waals surface area contributed by atoms with E-state index in [0.29, 0.717) is 6.42 Å². The van der Waals surface area contributed by atoms with E-state index in [2.05, 4.69) is 68.5 Å². The SMILES string of the molecule is CC/C=C/C=C/C=C/C=C/C=C/CCCC(=O)OCC(COCCC(C(=O)[O-])[N+](C)(C)C)OC(=O)CCCCCCCC/C=C/C/C=C/C/C=C/C/C=C/CC. The van der Waals surface area contributed by atoms with Crippen molar-refractivity contribution >= 4 is 17.9 Å². The zero-order chi connectivity index (χ0) is 41.4. The summed E-state index contributed by atoms with van der Waals surface area (Å²) in [4.78, 5) is 36.8. The smallest absolute Gasteiger partial charge is 0.306 e. The molecule has 0 fully saturated rings. The van der Waals surface area contributed by atoms with E-state index < -0.39 is 18.1 Å². The van der Waals surface area contributed by atoms with E-state index in [9.17, 15) is 19.5 Å². The summed E-state index contributed by atoms with van der Waals surface area (Å²) in [5.41, 5.74) is 0. The van der Waals surface area contributed by atoms with Crippen LogP contribution < -0.4 is 5.11 Å². The zero-order valence-corrected chi connectivity index (χ0v) is 35.5. The van der Waals surface area contributed by atoms with Crippen LogP contribution in [0.15, 0.2) is 109 Å². The van der Waals surface area contributed by atoms with Crippen molar-refractivity contribution in [2.24, 2.45) is 0 Å². The maximum atomic E-state index is 12.7. The number of carbonyl (C=O) groups is 3. The second-order valence-electron chi connectivity index (χ2n) is 14.6. The minimum atomic E-state index is -1.14. The Morgan fingerprint density at radius 2 is 1.05 bits per heavy atom. The molecule has 8 heteroatoms. The standard InChI is InChI=1S/C48H75NO7/c1-6-8-10-12-14-16-18-20-21-22-23-24-25-27-29-31-33-35-37-39-47(51)56-44(42-54-41-40-45(48(52)53)49(3,4)5)43-55-46(50)38-36-34-32-30-28-26-19-17-15-13-11-9-7-2/h8-11,13-17,19-21,23-24,26,28,30,32,44-45H,6-7,12,18,22,25,27,29,31,33-43H2,1-5H3/b10-8+,11-9+,15-13+,16-14+,19-17+,21-20+,24-23+,28-26+,32-30+. The summed E-state index contributed by atoms with van der Waals surface area (Å²) in [5, 5.41) is 11.6. The number of hydrogen-bond acceptors (Lipinski definition) is 7. The lowest BCUT2D eigenvalue weighted by molar-refractivity contribution is -0.889. The molecule has 0 aliphatic carbocycles. The van der Waals surface area contributed by atoms with E-state index in [0.717, 1.165) is 77.0 Å². The highest BCUT2D eigenvalue weighted by atomic mass is 16.6. The summed E-state index contributed by atoms with van der Waals surface area (Å²) in [5.74, 6) is -1.87. The second-order valence-corrected chi connectivity index (χ2v) is 14.6. The molecule has 0 aromatic rings. The lowest BCUT2D eigenvalue weighted by atomic mass is 10.1. The van der Waals surface area contributed by atoms with E-state index in [1.807, 2.05) is 54.7 Å². The molecule has 0 saturated heterocycles. The van der Waals surface area contributed by atoms with Crippen LogP contribution in [0.5, 0.6) is 0 Å². The van der Waals surface area contributed by atoms with Crippen molar-refractivity contribution in [1.29, 1.82) is 0 Å². The van der Waals surface area contributed by atoms with Gasteiger partial charge in [-0.25, -0.2) is 0 Å². The number of aliphatic carboxylic acids is 1. The van der Waals surface area contributed by atoms with Gasteiger partial charge in [0.15, 0.2) is 6.10 Å². The number of likely N-dealkylation sites (N-methyl/N-ethyl adjacent to an activating group) is 1. The number of allylic oxidation sites excluding steroid dienone is 18. The Morgan fingerprint density at radius 1 is 0.554 bits per heavy atom. The van der Waals surface area contributed by atoms with Crippen LogP contribution in [0.3, 0.4) is 0 Å². The van der Waals surface area contributed by atoms with Crippen LogP contribution in [0, 0.1) is 0 Å². The highest BCUT2D eigenvalue weighted by Gasteiger charge is 2.25. The maximum absolute atomic E-state index is 12.7. The van der Waals surface area contributed by atoms with Crippen molar-refractivity contribution < 1.29 is 38.2 Å². The fourth-order valence-electron chi connectivity index (χ4n) is 5.32. The van der Waals surface area contributed by atoms with E-state index in [1.165, 1.54) is 6.42 Å². The molecule has 8 nitrogen and oxygen atoms in total. The number of carboxylic acid groups (broad SMARTS) is 1. The number of hydrogen-bond donors (Lipinski definition) is 0. The Morgan fingerprint density at radius 3 is 1.64 bits per heavy atom. The number of rotatable bonds is 35. The van der Waals surface area contributed by atoms with Gasteiger partial charge in [0.25, 0.3) is 0 Å². The van der Waals surface area contributed by atoms with Crippen LogP contribution in [0.2, 0.25) is 0 Å². The fourth-order valence-corrected chi connectivity index (χ4v) is 5.32. The number of quaternary nitrogens is 1. The fraction of sp³-hybridized carbons (Fsp3) is 0.562. The topological polar surface area (TPSA) is 102 Å². The molecule has 2 unspecified atom stereocenters. The Kier molecular flexibility index (Phi) is 35.2. The summed E-state index contributed by atoms with van der Waals surface area (Å²) in [6, 6.07) is -0.746. The van der Waals surface area contributed by atoms with Crippen molar-refractivity contribution in [3.8, 4) is 0 Å². The Balaban J connectivity index is 4.51. The first kappa shape index (κ1) is 52.0. The molecular weight excluding hydrogens is 703 g/mol. The molecule has 0 N–H and O–H groups in total. The predicted octanol–water partition coefficient (Wildman–Crippen LogP) is 9.96. The minimum absolute atomic E-state index is 0.00393. The Bertz CT molecular complexity index is 1280. The molecule has 0 aromatic heterocycles. The van der Waals surface area contributed by atoms with Gasteiger partial charge in [0.1, 0.15) is 12.6 Å². The van der Waals surface area contributed by atoms with Crippen LogP contribution in [-0.4, -0.2) is 75.5 Å². The first-order valence-electron chi connectivity index (χ1n) is 21.0. The van der Waals surface area contributed by atoms with Crippen molar-refractivity contribution in [3.05, 3.63) is 109 Å². The van der Waals surface area contributed by atoms with Crippen molar-refractivity contribution in [2.75, 3.05) is 41.0 Å². The molecule has 314 valence electrons. The first-order valence-corrected chi connectivity index (χ1v) is 21.0. The third kappa shape index (κ3) is 35.7. The number of carbonyl (C=O) groups excluding carboxylic acids is 3. The van der Waals surface area contributed by atoms with Crippen LogP contribution in [0.25, 0.3) is 0 Å². The Hall–Kier alpha value is -4.01. The Labute approximate surface area is 340 Å². The molecule has 0 heterocycles.